The third-order valence-electron chi connectivity index (χ3n) is 2.38. The Kier molecular flexibility index (Phi) is 4.00. The zero-order valence-corrected chi connectivity index (χ0v) is 12.3. The van der Waals surface area contributed by atoms with Crippen LogP contribution in [-0.2, 0) is 10.0 Å². The molecule has 0 saturated heterocycles. The van der Waals surface area contributed by atoms with Crippen LogP contribution in [0.1, 0.15) is 18.7 Å². The molecular formula is C10H13N3O2S3. The number of nitrogens with zero attached hydrogens (tertiary/aromatic N) is 1. The molecule has 2 rings (SSSR count). The van der Waals surface area contributed by atoms with Gasteiger partial charge in [0.1, 0.15) is 4.21 Å². The summed E-state index contributed by atoms with van der Waals surface area (Å²) in [6.45, 7) is 1.96. The molecule has 0 aromatic carbocycles. The normalized spacial score (nSPS) is 13.4. The van der Waals surface area contributed by atoms with Crippen LogP contribution in [0.4, 0.5) is 5.13 Å². The van der Waals surface area contributed by atoms with E-state index in [2.05, 4.69) is 15.0 Å². The minimum absolute atomic E-state index is 0.0984. The van der Waals surface area contributed by atoms with Gasteiger partial charge in [0.05, 0.1) is 5.69 Å². The topological polar surface area (TPSA) is 71.1 Å². The molecule has 0 radical (unpaired) electrons. The smallest absolute Gasteiger partial charge is 0.273 e. The van der Waals surface area contributed by atoms with Crippen LogP contribution < -0.4 is 10.0 Å². The van der Waals surface area contributed by atoms with E-state index in [1.807, 2.05) is 19.4 Å². The molecule has 0 bridgehead atoms. The summed E-state index contributed by atoms with van der Waals surface area (Å²) in [7, 11) is -1.66. The minimum Gasteiger partial charge on any atom is -0.312 e. The first-order valence-corrected chi connectivity index (χ1v) is 8.46. The van der Waals surface area contributed by atoms with Gasteiger partial charge in [0, 0.05) is 11.4 Å². The lowest BCUT2D eigenvalue weighted by atomic mass is 10.3. The lowest BCUT2D eigenvalue weighted by Crippen LogP contribution is -2.14. The number of nitrogens with one attached hydrogen (secondary N) is 2. The molecule has 8 heteroatoms. The van der Waals surface area contributed by atoms with Gasteiger partial charge in [-0.2, -0.15) is 0 Å². The molecule has 0 amide bonds. The van der Waals surface area contributed by atoms with Crippen molar-refractivity contribution in [2.45, 2.75) is 17.2 Å². The second-order valence-electron chi connectivity index (χ2n) is 3.63. The van der Waals surface area contributed by atoms with E-state index in [1.165, 1.54) is 22.7 Å². The van der Waals surface area contributed by atoms with Crippen molar-refractivity contribution < 1.29 is 8.42 Å². The molecule has 2 aromatic heterocycles. The number of hydrogen-bond donors (Lipinski definition) is 2. The Balaban J connectivity index is 2.17. The van der Waals surface area contributed by atoms with E-state index in [1.54, 1.807) is 17.5 Å². The van der Waals surface area contributed by atoms with E-state index in [4.69, 9.17) is 0 Å². The highest BCUT2D eigenvalue weighted by Gasteiger charge is 2.17. The summed E-state index contributed by atoms with van der Waals surface area (Å²) in [4.78, 5) is 4.25. The van der Waals surface area contributed by atoms with Gasteiger partial charge < -0.3 is 5.32 Å². The Morgan fingerprint density at radius 3 is 2.78 bits per heavy atom. The highest BCUT2D eigenvalue weighted by molar-refractivity contribution is 7.94. The van der Waals surface area contributed by atoms with E-state index in [-0.39, 0.29) is 6.04 Å². The summed E-state index contributed by atoms with van der Waals surface area (Å²) in [6.07, 6.45) is 0. The van der Waals surface area contributed by atoms with Gasteiger partial charge in [-0.05, 0) is 25.4 Å². The summed E-state index contributed by atoms with van der Waals surface area (Å²) in [5.74, 6) is 0. The van der Waals surface area contributed by atoms with Crippen LogP contribution in [-0.4, -0.2) is 20.4 Å². The monoisotopic (exact) mass is 303 g/mol. The van der Waals surface area contributed by atoms with Crippen LogP contribution in [0.25, 0.3) is 0 Å². The van der Waals surface area contributed by atoms with Crippen LogP contribution >= 0.6 is 22.7 Å². The minimum atomic E-state index is -3.49. The summed E-state index contributed by atoms with van der Waals surface area (Å²) < 4.78 is 26.7. The van der Waals surface area contributed by atoms with Crippen LogP contribution in [0.15, 0.2) is 27.1 Å². The maximum absolute atomic E-state index is 12.0. The van der Waals surface area contributed by atoms with Gasteiger partial charge in [0.15, 0.2) is 5.13 Å². The quantitative estimate of drug-likeness (QED) is 0.889. The number of anilines is 1. The predicted molar refractivity (Wildman–Crippen MR) is 74.7 cm³/mol. The highest BCUT2D eigenvalue weighted by Crippen LogP contribution is 2.24. The molecule has 2 N–H and O–H groups in total. The van der Waals surface area contributed by atoms with Crippen molar-refractivity contribution in [2.24, 2.45) is 0 Å². The zero-order chi connectivity index (χ0) is 13.2. The first kappa shape index (κ1) is 13.5. The second-order valence-corrected chi connectivity index (χ2v) is 7.34. The van der Waals surface area contributed by atoms with Crippen LogP contribution in [0.3, 0.4) is 0 Å². The van der Waals surface area contributed by atoms with Crippen molar-refractivity contribution in [3.05, 3.63) is 28.6 Å². The molecule has 0 aliphatic rings. The van der Waals surface area contributed by atoms with E-state index < -0.39 is 10.0 Å². The van der Waals surface area contributed by atoms with E-state index in [0.717, 1.165) is 5.69 Å². The Labute approximate surface area is 114 Å². The average molecular weight is 303 g/mol. The number of thiophene rings is 1. The van der Waals surface area contributed by atoms with Gasteiger partial charge in [-0.1, -0.05) is 6.07 Å². The fourth-order valence-electron chi connectivity index (χ4n) is 1.26. The number of rotatable bonds is 5. The molecule has 98 valence electrons. The first-order valence-electron chi connectivity index (χ1n) is 5.22. The fourth-order valence-corrected chi connectivity index (χ4v) is 4.31. The number of aromatic nitrogens is 1. The van der Waals surface area contributed by atoms with Crippen molar-refractivity contribution in [3.63, 3.8) is 0 Å². The maximum Gasteiger partial charge on any atom is 0.273 e. The van der Waals surface area contributed by atoms with E-state index >= 15 is 0 Å². The Bertz CT molecular complexity index is 604. The molecule has 1 atom stereocenters. The summed E-state index contributed by atoms with van der Waals surface area (Å²) in [5, 5.41) is 7.01. The fraction of sp³-hybridized carbons (Fsp3) is 0.300. The molecule has 0 aliphatic carbocycles. The van der Waals surface area contributed by atoms with Gasteiger partial charge in [0.2, 0.25) is 0 Å². The average Bonchev–Trinajstić information content (AvgIpc) is 2.97. The number of thiazole rings is 1. The van der Waals surface area contributed by atoms with Crippen molar-refractivity contribution in [1.82, 2.24) is 10.3 Å². The van der Waals surface area contributed by atoms with Crippen molar-refractivity contribution in [1.29, 1.82) is 0 Å². The van der Waals surface area contributed by atoms with Crippen LogP contribution in [0, 0.1) is 0 Å². The lowest BCUT2D eigenvalue weighted by molar-refractivity contribution is 0.603. The molecule has 18 heavy (non-hydrogen) atoms. The second kappa shape index (κ2) is 5.35. The summed E-state index contributed by atoms with van der Waals surface area (Å²) >= 11 is 2.46. The zero-order valence-electron chi connectivity index (χ0n) is 9.88. The highest BCUT2D eigenvalue weighted by atomic mass is 32.2. The molecular weight excluding hydrogens is 290 g/mol. The molecule has 0 fully saturated rings. The Morgan fingerprint density at radius 1 is 1.39 bits per heavy atom. The third kappa shape index (κ3) is 2.89. The predicted octanol–water partition coefficient (Wildman–Crippen LogP) is 2.29. The van der Waals surface area contributed by atoms with Gasteiger partial charge in [-0.3, -0.25) is 4.72 Å². The van der Waals surface area contributed by atoms with E-state index in [0.29, 0.717) is 9.34 Å². The van der Waals surface area contributed by atoms with E-state index in [9.17, 15) is 8.42 Å². The van der Waals surface area contributed by atoms with Crippen LogP contribution in [0.5, 0.6) is 0 Å². The SMILES string of the molecule is CNC(C)c1csc(NS(=O)(=O)c2cccs2)n1. The number of hydrogen-bond acceptors (Lipinski definition) is 6. The van der Waals surface area contributed by atoms with Crippen molar-refractivity contribution >= 4 is 37.8 Å². The molecule has 5 nitrogen and oxygen atoms in total. The van der Waals surface area contributed by atoms with Gasteiger partial charge in [-0.15, -0.1) is 22.7 Å². The van der Waals surface area contributed by atoms with Crippen molar-refractivity contribution in [3.8, 4) is 0 Å². The van der Waals surface area contributed by atoms with Crippen LogP contribution in [0.2, 0.25) is 0 Å². The summed E-state index contributed by atoms with van der Waals surface area (Å²) in [6, 6.07) is 3.37. The molecule has 0 aliphatic heterocycles. The third-order valence-corrected chi connectivity index (χ3v) is 6.02. The number of sulfonamides is 1. The molecule has 0 saturated carbocycles. The molecule has 1 unspecified atom stereocenters. The largest absolute Gasteiger partial charge is 0.312 e. The molecule has 2 aromatic rings. The molecule has 2 heterocycles. The first-order chi connectivity index (χ1) is 8.53. The standard InChI is InChI=1S/C10H13N3O2S3/c1-7(11-2)8-6-17-10(12-8)13-18(14,15)9-4-3-5-16-9/h3-7,11H,1-2H3,(H,12,13). The van der Waals surface area contributed by atoms with Gasteiger partial charge >= 0.3 is 0 Å². The lowest BCUT2D eigenvalue weighted by Gasteiger charge is -2.05. The van der Waals surface area contributed by atoms with Gasteiger partial charge in [0.25, 0.3) is 10.0 Å². The molecule has 0 spiro atoms. The van der Waals surface area contributed by atoms with Crippen molar-refractivity contribution in [2.75, 3.05) is 11.8 Å². The summed E-state index contributed by atoms with van der Waals surface area (Å²) in [5.41, 5.74) is 0.825. The van der Waals surface area contributed by atoms with Gasteiger partial charge in [-0.25, -0.2) is 13.4 Å². The Hall–Kier alpha value is -0.960. The maximum atomic E-state index is 12.0. The Morgan fingerprint density at radius 2 is 2.17 bits per heavy atom.